The molecule has 0 spiro atoms. The van der Waals surface area contributed by atoms with E-state index in [4.69, 9.17) is 17.3 Å². The Morgan fingerprint density at radius 3 is 2.32 bits per heavy atom. The molecule has 1 aliphatic carbocycles. The van der Waals surface area contributed by atoms with Crippen LogP contribution in [0, 0.1) is 23.2 Å². The van der Waals surface area contributed by atoms with E-state index in [-0.39, 0.29) is 23.3 Å². The van der Waals surface area contributed by atoms with Crippen molar-refractivity contribution in [3.63, 3.8) is 0 Å². The largest absolute Gasteiger partial charge is 0.388 e. The second kappa shape index (κ2) is 13.9. The quantitative estimate of drug-likeness (QED) is 0.354. The number of halogens is 1. The Morgan fingerprint density at radius 2 is 1.81 bits per heavy atom. The predicted octanol–water partition coefficient (Wildman–Crippen LogP) is 5.85. The molecule has 1 aromatic heterocycles. The molecule has 2 aromatic rings. The molecule has 204 valence electrons. The summed E-state index contributed by atoms with van der Waals surface area (Å²) in [5, 5.41) is 6.69. The molecular formula is C30H45ClN4O2. The number of hydrogen-bond acceptors (Lipinski definition) is 5. The third kappa shape index (κ3) is 9.42. The summed E-state index contributed by atoms with van der Waals surface area (Å²) < 4.78 is 0. The molecule has 37 heavy (non-hydrogen) atoms. The van der Waals surface area contributed by atoms with Crippen LogP contribution in [0.4, 0.5) is 5.69 Å². The summed E-state index contributed by atoms with van der Waals surface area (Å²) in [4.78, 5) is 28.5. The minimum atomic E-state index is -0.672. The number of nitrogens with two attached hydrogens (primary N) is 1. The van der Waals surface area contributed by atoms with Crippen LogP contribution in [0.15, 0.2) is 48.8 Å². The van der Waals surface area contributed by atoms with Gasteiger partial charge in [-0.15, -0.1) is 0 Å². The summed E-state index contributed by atoms with van der Waals surface area (Å²) in [6.07, 6.45) is 8.50. The Hall–Kier alpha value is -2.44. The first-order valence-corrected chi connectivity index (χ1v) is 13.6. The van der Waals surface area contributed by atoms with Gasteiger partial charge in [-0.05, 0) is 87.1 Å². The first-order chi connectivity index (χ1) is 17.4. The number of pyridine rings is 1. The van der Waals surface area contributed by atoms with Crippen LogP contribution in [-0.2, 0) is 15.0 Å². The molecule has 0 bridgehead atoms. The molecule has 7 heteroatoms. The Balaban J connectivity index is 0.000000510. The predicted molar refractivity (Wildman–Crippen MR) is 154 cm³/mol. The zero-order valence-corrected chi connectivity index (χ0v) is 24.0. The van der Waals surface area contributed by atoms with Gasteiger partial charge < -0.3 is 21.2 Å². The Bertz CT molecular complexity index is 981. The number of aldehydes is 1. The van der Waals surface area contributed by atoms with Crippen LogP contribution in [-0.4, -0.2) is 36.8 Å². The molecule has 4 atom stereocenters. The molecule has 1 saturated carbocycles. The molecule has 1 heterocycles. The number of nitrogens with one attached hydrogen (secondary N) is 2. The third-order valence-electron chi connectivity index (χ3n) is 7.42. The maximum absolute atomic E-state index is 12.9. The second-order valence-electron chi connectivity index (χ2n) is 11.7. The zero-order valence-electron chi connectivity index (χ0n) is 23.3. The van der Waals surface area contributed by atoms with Crippen LogP contribution < -0.4 is 16.4 Å². The highest BCUT2D eigenvalue weighted by Crippen LogP contribution is 2.44. The monoisotopic (exact) mass is 528 g/mol. The molecule has 0 aliphatic heterocycles. The van der Waals surface area contributed by atoms with Gasteiger partial charge in [0.05, 0.1) is 5.41 Å². The number of rotatable bonds is 9. The lowest BCUT2D eigenvalue weighted by Crippen LogP contribution is -2.49. The van der Waals surface area contributed by atoms with E-state index in [0.29, 0.717) is 23.4 Å². The molecule has 4 N–H and O–H groups in total. The molecule has 0 saturated heterocycles. The van der Waals surface area contributed by atoms with Crippen molar-refractivity contribution in [2.45, 2.75) is 71.8 Å². The van der Waals surface area contributed by atoms with E-state index in [0.717, 1.165) is 43.2 Å². The summed E-state index contributed by atoms with van der Waals surface area (Å²) >= 11 is 5.97. The second-order valence-corrected chi connectivity index (χ2v) is 12.1. The molecule has 1 fully saturated rings. The van der Waals surface area contributed by atoms with E-state index in [9.17, 15) is 9.59 Å². The highest BCUT2D eigenvalue weighted by Gasteiger charge is 2.39. The Labute approximate surface area is 228 Å². The van der Waals surface area contributed by atoms with Gasteiger partial charge in [0.1, 0.15) is 6.29 Å². The van der Waals surface area contributed by atoms with Crippen molar-refractivity contribution in [3.8, 4) is 0 Å². The first-order valence-electron chi connectivity index (χ1n) is 13.2. The van der Waals surface area contributed by atoms with E-state index < -0.39 is 5.41 Å². The molecule has 3 rings (SSSR count). The van der Waals surface area contributed by atoms with Gasteiger partial charge >= 0.3 is 0 Å². The number of carbonyl (C=O) groups is 2. The summed E-state index contributed by atoms with van der Waals surface area (Å²) in [5.41, 5.74) is 7.54. The van der Waals surface area contributed by atoms with Gasteiger partial charge in [0, 0.05) is 48.2 Å². The Morgan fingerprint density at radius 1 is 1.19 bits per heavy atom. The molecular weight excluding hydrogens is 484 g/mol. The van der Waals surface area contributed by atoms with Gasteiger partial charge in [-0.2, -0.15) is 0 Å². The number of anilines is 1. The van der Waals surface area contributed by atoms with Gasteiger partial charge in [0.2, 0.25) is 5.91 Å². The van der Waals surface area contributed by atoms with Crippen LogP contribution in [0.1, 0.15) is 65.9 Å². The molecule has 1 aliphatic rings. The van der Waals surface area contributed by atoms with Crippen molar-refractivity contribution in [1.82, 2.24) is 10.3 Å². The van der Waals surface area contributed by atoms with E-state index in [2.05, 4.69) is 36.4 Å². The molecule has 4 unspecified atom stereocenters. The lowest BCUT2D eigenvalue weighted by molar-refractivity contribution is -0.126. The van der Waals surface area contributed by atoms with Crippen molar-refractivity contribution in [2.75, 3.05) is 18.9 Å². The average molecular weight is 529 g/mol. The van der Waals surface area contributed by atoms with Crippen LogP contribution in [0.3, 0.4) is 0 Å². The normalized spacial score (nSPS) is 22.4. The minimum absolute atomic E-state index is 0.0528. The van der Waals surface area contributed by atoms with E-state index in [1.54, 1.807) is 24.5 Å². The van der Waals surface area contributed by atoms with Crippen LogP contribution >= 0.6 is 11.6 Å². The lowest BCUT2D eigenvalue weighted by Gasteiger charge is -2.42. The van der Waals surface area contributed by atoms with Crippen molar-refractivity contribution >= 4 is 29.5 Å². The number of nitrogens with zero attached hydrogens (tertiary/aromatic N) is 1. The van der Waals surface area contributed by atoms with Gasteiger partial charge in [-0.25, -0.2) is 0 Å². The van der Waals surface area contributed by atoms with Gasteiger partial charge in [-0.3, -0.25) is 9.78 Å². The number of carbonyl (C=O) groups excluding carboxylic acids is 2. The van der Waals surface area contributed by atoms with Crippen molar-refractivity contribution in [3.05, 3.63) is 59.4 Å². The van der Waals surface area contributed by atoms with Crippen molar-refractivity contribution in [2.24, 2.45) is 28.9 Å². The highest BCUT2D eigenvalue weighted by atomic mass is 35.5. The van der Waals surface area contributed by atoms with Crippen molar-refractivity contribution in [1.29, 1.82) is 0 Å². The van der Waals surface area contributed by atoms with E-state index >= 15 is 0 Å². The fraction of sp³-hybridized carbons (Fsp3) is 0.567. The van der Waals surface area contributed by atoms with Crippen molar-refractivity contribution < 1.29 is 9.59 Å². The summed E-state index contributed by atoms with van der Waals surface area (Å²) in [6, 6.07) is 11.0. The van der Waals surface area contributed by atoms with E-state index in [1.807, 2.05) is 45.2 Å². The lowest BCUT2D eigenvalue weighted by atomic mass is 9.64. The zero-order chi connectivity index (χ0) is 27.6. The molecule has 0 radical (unpaired) electrons. The molecule has 6 nitrogen and oxygen atoms in total. The first kappa shape index (κ1) is 30.8. The Kier molecular flexibility index (Phi) is 11.6. The smallest absolute Gasteiger partial charge is 0.230 e. The van der Waals surface area contributed by atoms with E-state index in [1.165, 1.54) is 0 Å². The fourth-order valence-electron chi connectivity index (χ4n) is 5.32. The number of hydrogen-bond donors (Lipinski definition) is 3. The van der Waals surface area contributed by atoms with Crippen LogP contribution in [0.25, 0.3) is 0 Å². The molecule has 1 amide bonds. The van der Waals surface area contributed by atoms with Gasteiger partial charge in [-0.1, -0.05) is 44.5 Å². The third-order valence-corrected chi connectivity index (χ3v) is 7.67. The summed E-state index contributed by atoms with van der Waals surface area (Å²) in [7, 11) is 1.88. The minimum Gasteiger partial charge on any atom is -0.388 e. The van der Waals surface area contributed by atoms with Gasteiger partial charge in [0.25, 0.3) is 0 Å². The average Bonchev–Trinajstić information content (AvgIpc) is 2.87. The van der Waals surface area contributed by atoms with Gasteiger partial charge in [0.15, 0.2) is 0 Å². The van der Waals surface area contributed by atoms with Crippen LogP contribution in [0.2, 0.25) is 5.02 Å². The highest BCUT2D eigenvalue weighted by molar-refractivity contribution is 6.30. The topological polar surface area (TPSA) is 97.1 Å². The maximum Gasteiger partial charge on any atom is 0.230 e. The summed E-state index contributed by atoms with van der Waals surface area (Å²) in [6.45, 7) is 10.7. The number of aromatic nitrogens is 1. The fourth-order valence-corrected chi connectivity index (χ4v) is 5.45. The SMILES string of the molecule is CC(C)CC1CC(C(N)CNC(=O)C(C)(C)c2ccc(Cl)cc2)CC(C)(C=O)C1.CNc1ccncc1. The number of benzene rings is 1. The van der Waals surface area contributed by atoms with Crippen LogP contribution in [0.5, 0.6) is 0 Å². The maximum atomic E-state index is 12.9. The molecule has 1 aromatic carbocycles. The summed E-state index contributed by atoms with van der Waals surface area (Å²) in [5.74, 6) is 1.30. The number of amides is 1. The standard InChI is InChI=1S/C24H37ClN2O2.C6H8N2/c1-16(2)10-17-11-18(13-24(5,12-17)15-28)21(26)14-27-22(29)23(3,4)19-6-8-20(25)9-7-19;1-7-6-2-4-8-5-3-6/h6-9,15-18,21H,10-14,26H2,1-5H3,(H,27,29);2-5H,1H3,(H,7,8).